The van der Waals surface area contributed by atoms with Gasteiger partial charge in [-0.1, -0.05) is 24.3 Å². The molecule has 1 aromatic heterocycles. The summed E-state index contributed by atoms with van der Waals surface area (Å²) >= 11 is 0. The van der Waals surface area contributed by atoms with E-state index in [1.165, 1.54) is 0 Å². The van der Waals surface area contributed by atoms with Crippen molar-refractivity contribution < 1.29 is 9.84 Å². The van der Waals surface area contributed by atoms with E-state index in [0.29, 0.717) is 19.7 Å². The van der Waals surface area contributed by atoms with Crippen molar-refractivity contribution in [1.82, 2.24) is 10.3 Å². The van der Waals surface area contributed by atoms with E-state index < -0.39 is 5.60 Å². The quantitative estimate of drug-likeness (QED) is 0.825. The summed E-state index contributed by atoms with van der Waals surface area (Å²) in [6.07, 6.45) is 4.70. The Morgan fingerprint density at radius 3 is 2.68 bits per heavy atom. The number of aromatic nitrogens is 1. The average Bonchev–Trinajstić information content (AvgIpc) is 2.53. The predicted octanol–water partition coefficient (Wildman–Crippen LogP) is 2.67. The van der Waals surface area contributed by atoms with E-state index in [1.807, 2.05) is 42.5 Å². The van der Waals surface area contributed by atoms with Gasteiger partial charge in [-0.05, 0) is 37.5 Å². The van der Waals surface area contributed by atoms with Crippen LogP contribution >= 0.6 is 0 Å². The van der Waals surface area contributed by atoms with Gasteiger partial charge in [0.2, 0.25) is 0 Å². The van der Waals surface area contributed by atoms with Gasteiger partial charge in [0.25, 0.3) is 0 Å². The first kappa shape index (κ1) is 15.0. The van der Waals surface area contributed by atoms with Gasteiger partial charge in [0.1, 0.15) is 12.4 Å². The Labute approximate surface area is 131 Å². The molecule has 4 nitrogen and oxygen atoms in total. The second-order valence-corrected chi connectivity index (χ2v) is 5.90. The van der Waals surface area contributed by atoms with Gasteiger partial charge in [0.15, 0.2) is 0 Å². The minimum atomic E-state index is -0.496. The Balaban J connectivity index is 1.55. The molecule has 1 aliphatic carbocycles. The summed E-state index contributed by atoms with van der Waals surface area (Å²) in [5.74, 6) is 0.862. The number of rotatable bonds is 7. The molecule has 0 saturated heterocycles. The fraction of sp³-hybridized carbons (Fsp3) is 0.389. The number of pyridine rings is 1. The number of hydrogen-bond acceptors (Lipinski definition) is 4. The Morgan fingerprint density at radius 2 is 1.95 bits per heavy atom. The highest BCUT2D eigenvalue weighted by Gasteiger charge is 2.33. The number of nitrogens with zero attached hydrogens (tertiary/aromatic N) is 1. The largest absolute Gasteiger partial charge is 0.487 e. The molecule has 0 unspecified atom stereocenters. The minimum absolute atomic E-state index is 0.460. The van der Waals surface area contributed by atoms with Crippen LogP contribution in [0.25, 0.3) is 0 Å². The standard InChI is InChI=1S/C18H22N2O2/c21-18(9-5-10-18)14-19-12-15-6-1-2-8-17(15)22-13-16-7-3-4-11-20-16/h1-4,6-8,11,19,21H,5,9-10,12-14H2. The molecule has 1 aromatic carbocycles. The SMILES string of the molecule is OC1(CNCc2ccccc2OCc2ccccn2)CCC1. The lowest BCUT2D eigenvalue weighted by Gasteiger charge is -2.36. The summed E-state index contributed by atoms with van der Waals surface area (Å²) in [7, 11) is 0. The number of nitrogens with one attached hydrogen (secondary N) is 1. The van der Waals surface area contributed by atoms with Crippen molar-refractivity contribution in [1.29, 1.82) is 0 Å². The molecule has 0 bridgehead atoms. The van der Waals surface area contributed by atoms with Gasteiger partial charge in [-0.2, -0.15) is 0 Å². The molecule has 1 fully saturated rings. The van der Waals surface area contributed by atoms with Gasteiger partial charge in [0, 0.05) is 24.8 Å². The first-order valence-corrected chi connectivity index (χ1v) is 7.79. The lowest BCUT2D eigenvalue weighted by atomic mass is 9.80. The van der Waals surface area contributed by atoms with Crippen LogP contribution in [-0.4, -0.2) is 22.2 Å². The van der Waals surface area contributed by atoms with E-state index in [4.69, 9.17) is 4.74 Å². The Bertz CT molecular complexity index is 597. The van der Waals surface area contributed by atoms with Gasteiger partial charge >= 0.3 is 0 Å². The first-order chi connectivity index (χ1) is 10.8. The van der Waals surface area contributed by atoms with Gasteiger partial charge < -0.3 is 15.2 Å². The molecule has 1 saturated carbocycles. The maximum atomic E-state index is 10.1. The number of ether oxygens (including phenoxy) is 1. The summed E-state index contributed by atoms with van der Waals surface area (Å²) < 4.78 is 5.88. The summed E-state index contributed by atoms with van der Waals surface area (Å²) in [6.45, 7) is 1.80. The molecule has 116 valence electrons. The molecule has 2 aromatic rings. The van der Waals surface area contributed by atoms with Crippen molar-refractivity contribution in [3.05, 3.63) is 59.9 Å². The van der Waals surface area contributed by atoms with E-state index in [1.54, 1.807) is 6.20 Å². The maximum absolute atomic E-state index is 10.1. The topological polar surface area (TPSA) is 54.4 Å². The van der Waals surface area contributed by atoms with Crippen molar-refractivity contribution >= 4 is 0 Å². The van der Waals surface area contributed by atoms with Crippen LogP contribution in [0.2, 0.25) is 0 Å². The summed E-state index contributed by atoms with van der Waals surface area (Å²) in [5, 5.41) is 13.4. The molecule has 4 heteroatoms. The van der Waals surface area contributed by atoms with Gasteiger partial charge in [-0.3, -0.25) is 4.98 Å². The highest BCUT2D eigenvalue weighted by atomic mass is 16.5. The highest BCUT2D eigenvalue weighted by molar-refractivity contribution is 5.33. The van der Waals surface area contributed by atoms with E-state index >= 15 is 0 Å². The zero-order valence-electron chi connectivity index (χ0n) is 12.7. The molecule has 0 atom stereocenters. The Hall–Kier alpha value is -1.91. The normalized spacial score (nSPS) is 16.0. The van der Waals surface area contributed by atoms with Gasteiger partial charge in [-0.15, -0.1) is 0 Å². The van der Waals surface area contributed by atoms with Crippen LogP contribution in [0.5, 0.6) is 5.75 Å². The molecule has 0 amide bonds. The van der Waals surface area contributed by atoms with E-state index in [-0.39, 0.29) is 0 Å². The van der Waals surface area contributed by atoms with Gasteiger partial charge in [0.05, 0.1) is 11.3 Å². The molecule has 0 radical (unpaired) electrons. The summed E-state index contributed by atoms with van der Waals surface area (Å²) in [5.41, 5.74) is 1.51. The zero-order chi connectivity index (χ0) is 15.3. The second-order valence-electron chi connectivity index (χ2n) is 5.90. The van der Waals surface area contributed by atoms with E-state index in [0.717, 1.165) is 36.3 Å². The predicted molar refractivity (Wildman–Crippen MR) is 85.5 cm³/mol. The zero-order valence-corrected chi connectivity index (χ0v) is 12.7. The Kier molecular flexibility index (Phi) is 4.71. The number of aliphatic hydroxyl groups is 1. The molecular weight excluding hydrogens is 276 g/mol. The van der Waals surface area contributed by atoms with Crippen LogP contribution in [0.4, 0.5) is 0 Å². The third-order valence-corrected chi connectivity index (χ3v) is 4.13. The van der Waals surface area contributed by atoms with E-state index in [2.05, 4.69) is 10.3 Å². The maximum Gasteiger partial charge on any atom is 0.130 e. The van der Waals surface area contributed by atoms with Crippen molar-refractivity contribution in [2.24, 2.45) is 0 Å². The monoisotopic (exact) mass is 298 g/mol. The lowest BCUT2D eigenvalue weighted by Crippen LogP contribution is -2.46. The third kappa shape index (κ3) is 3.84. The van der Waals surface area contributed by atoms with Crippen molar-refractivity contribution in [3.63, 3.8) is 0 Å². The fourth-order valence-corrected chi connectivity index (χ4v) is 2.62. The highest BCUT2D eigenvalue weighted by Crippen LogP contribution is 2.30. The van der Waals surface area contributed by atoms with Crippen molar-refractivity contribution in [3.8, 4) is 5.75 Å². The van der Waals surface area contributed by atoms with Crippen LogP contribution in [0.1, 0.15) is 30.5 Å². The molecule has 2 N–H and O–H groups in total. The molecule has 0 aliphatic heterocycles. The second kappa shape index (κ2) is 6.90. The minimum Gasteiger partial charge on any atom is -0.487 e. The van der Waals surface area contributed by atoms with E-state index in [9.17, 15) is 5.11 Å². The Morgan fingerprint density at radius 1 is 1.14 bits per heavy atom. The number of hydrogen-bond donors (Lipinski definition) is 2. The van der Waals surface area contributed by atoms with Crippen LogP contribution in [0.3, 0.4) is 0 Å². The lowest BCUT2D eigenvalue weighted by molar-refractivity contribution is -0.0315. The molecule has 22 heavy (non-hydrogen) atoms. The summed E-state index contributed by atoms with van der Waals surface area (Å²) in [4.78, 5) is 4.26. The van der Waals surface area contributed by atoms with Crippen LogP contribution in [-0.2, 0) is 13.2 Å². The summed E-state index contributed by atoms with van der Waals surface area (Å²) in [6, 6.07) is 13.8. The smallest absolute Gasteiger partial charge is 0.130 e. The molecule has 3 rings (SSSR count). The molecule has 1 heterocycles. The van der Waals surface area contributed by atoms with Crippen molar-refractivity contribution in [2.45, 2.75) is 38.0 Å². The molecular formula is C18H22N2O2. The van der Waals surface area contributed by atoms with Gasteiger partial charge in [-0.25, -0.2) is 0 Å². The van der Waals surface area contributed by atoms with Crippen LogP contribution in [0.15, 0.2) is 48.7 Å². The number of benzene rings is 1. The molecule has 1 aliphatic rings. The first-order valence-electron chi connectivity index (χ1n) is 7.79. The van der Waals surface area contributed by atoms with Crippen molar-refractivity contribution in [2.75, 3.05) is 6.54 Å². The number of para-hydroxylation sites is 1. The van der Waals surface area contributed by atoms with Crippen LogP contribution in [0, 0.1) is 0 Å². The van der Waals surface area contributed by atoms with Crippen LogP contribution < -0.4 is 10.1 Å². The average molecular weight is 298 g/mol. The third-order valence-electron chi connectivity index (χ3n) is 4.13. The molecule has 0 spiro atoms. The fourth-order valence-electron chi connectivity index (χ4n) is 2.62.